The van der Waals surface area contributed by atoms with Crippen molar-refractivity contribution >= 4 is 44.7 Å². The zero-order chi connectivity index (χ0) is 31.8. The van der Waals surface area contributed by atoms with Gasteiger partial charge in [-0.15, -0.1) is 0 Å². The van der Waals surface area contributed by atoms with Gasteiger partial charge in [0.15, 0.2) is 5.75 Å². The number of amides is 2. The summed E-state index contributed by atoms with van der Waals surface area (Å²) in [6.45, 7) is 16.1. The Morgan fingerprint density at radius 1 is 1.10 bits per heavy atom. The molecule has 1 aliphatic heterocycles. The van der Waals surface area contributed by atoms with Crippen LogP contribution in [0.15, 0.2) is 30.3 Å². The Morgan fingerprint density at radius 2 is 1.71 bits per heavy atom. The predicted octanol–water partition coefficient (Wildman–Crippen LogP) is 4.39. The van der Waals surface area contributed by atoms with Crippen molar-refractivity contribution in [3.8, 4) is 5.75 Å². The summed E-state index contributed by atoms with van der Waals surface area (Å²) in [6.07, 6.45) is 1.05. The summed E-state index contributed by atoms with van der Waals surface area (Å²) >= 11 is 0. The van der Waals surface area contributed by atoms with Gasteiger partial charge < -0.3 is 15.4 Å². The maximum atomic E-state index is 13.5. The first-order valence-electron chi connectivity index (χ1n) is 13.8. The molecule has 1 aliphatic rings. The summed E-state index contributed by atoms with van der Waals surface area (Å²) < 4.78 is 32.1. The van der Waals surface area contributed by atoms with E-state index in [0.29, 0.717) is 16.9 Å². The van der Waals surface area contributed by atoms with Crippen LogP contribution >= 0.6 is 0 Å². The number of carbonyl (C=O) groups excluding carboxylic acids is 2. The van der Waals surface area contributed by atoms with E-state index in [9.17, 15) is 18.0 Å². The number of methoxy groups -OCH3 is 1. The van der Waals surface area contributed by atoms with E-state index in [0.717, 1.165) is 17.4 Å². The van der Waals surface area contributed by atoms with Gasteiger partial charge >= 0.3 is 0 Å². The fourth-order valence-electron chi connectivity index (χ4n) is 4.32. The van der Waals surface area contributed by atoms with Crippen molar-refractivity contribution in [3.63, 3.8) is 0 Å². The van der Waals surface area contributed by atoms with E-state index in [1.165, 1.54) is 12.1 Å². The minimum atomic E-state index is -3.62. The van der Waals surface area contributed by atoms with Crippen molar-refractivity contribution in [2.75, 3.05) is 35.0 Å². The van der Waals surface area contributed by atoms with Crippen molar-refractivity contribution in [2.45, 2.75) is 66.8 Å². The van der Waals surface area contributed by atoms with Crippen LogP contribution in [-0.2, 0) is 20.2 Å². The Morgan fingerprint density at radius 3 is 2.26 bits per heavy atom. The molecule has 0 bridgehead atoms. The van der Waals surface area contributed by atoms with Crippen molar-refractivity contribution in [2.24, 2.45) is 11.3 Å². The average Bonchev–Trinajstić information content (AvgIpc) is 3.23. The van der Waals surface area contributed by atoms with Gasteiger partial charge in [0.2, 0.25) is 15.9 Å². The van der Waals surface area contributed by atoms with Gasteiger partial charge in [-0.3, -0.25) is 24.7 Å². The number of rotatable bonds is 8. The van der Waals surface area contributed by atoms with Gasteiger partial charge in [-0.25, -0.2) is 13.8 Å². The van der Waals surface area contributed by atoms with Crippen molar-refractivity contribution in [3.05, 3.63) is 47.0 Å². The molecule has 230 valence electrons. The minimum Gasteiger partial charge on any atom is -0.492 e. The third-order valence-corrected chi connectivity index (χ3v) is 8.00. The molecule has 5 N–H and O–H groups in total. The summed E-state index contributed by atoms with van der Waals surface area (Å²) in [5.41, 5.74) is 5.63. The molecule has 0 aliphatic carbocycles. The molecular weight excluding hydrogens is 556 g/mol. The van der Waals surface area contributed by atoms with Gasteiger partial charge in [0.05, 0.1) is 30.4 Å². The largest absolute Gasteiger partial charge is 0.492 e. The van der Waals surface area contributed by atoms with Crippen LogP contribution in [0.4, 0.5) is 17.1 Å². The highest BCUT2D eigenvalue weighted by Gasteiger charge is 2.37. The fraction of sp³-hybridized carbons (Fsp3) is 0.500. The number of nitrogens with zero attached hydrogens (tertiary/aromatic N) is 1. The predicted molar refractivity (Wildman–Crippen MR) is 168 cm³/mol. The smallest absolute Gasteiger partial charge is 0.255 e. The molecule has 1 heterocycles. The van der Waals surface area contributed by atoms with Gasteiger partial charge in [0, 0.05) is 18.2 Å². The Kier molecular flexibility index (Phi) is 9.33. The molecule has 2 atom stereocenters. The van der Waals surface area contributed by atoms with Gasteiger partial charge in [-0.1, -0.05) is 47.6 Å². The highest BCUT2D eigenvalue weighted by Crippen LogP contribution is 2.39. The lowest BCUT2D eigenvalue weighted by atomic mass is 9.86. The molecule has 0 aromatic heterocycles. The Labute approximate surface area is 249 Å². The molecule has 1 unspecified atom stereocenters. The number of hydrazine groups is 1. The molecule has 0 spiro atoms. The minimum absolute atomic E-state index is 0.0810. The van der Waals surface area contributed by atoms with E-state index in [4.69, 9.17) is 10.1 Å². The lowest BCUT2D eigenvalue weighted by molar-refractivity contribution is -0.124. The van der Waals surface area contributed by atoms with Gasteiger partial charge in [-0.05, 0) is 60.1 Å². The molecule has 12 heteroatoms. The van der Waals surface area contributed by atoms with Crippen molar-refractivity contribution < 1.29 is 22.7 Å². The molecule has 2 amide bonds. The van der Waals surface area contributed by atoms with E-state index in [1.54, 1.807) is 30.3 Å². The van der Waals surface area contributed by atoms with Crippen LogP contribution in [0, 0.1) is 23.7 Å². The summed E-state index contributed by atoms with van der Waals surface area (Å²) in [6, 6.07) is 8.46. The summed E-state index contributed by atoms with van der Waals surface area (Å²) in [7, 11) is -2.22. The fourth-order valence-corrected chi connectivity index (χ4v) is 4.87. The number of benzene rings is 2. The molecule has 0 radical (unpaired) electrons. The Bertz CT molecular complexity index is 1490. The normalized spacial score (nSPS) is 16.7. The molecule has 0 saturated carbocycles. The standard InChI is InChI=1S/C30H44N6O5S/c1-17-11-12-19(13-24(17)36-26(31)21(16-32-36)28(38)33-18(2)29(3,4)5)27(37)34-22-14-20(30(6,7)8)15-23(25(22)41-9)35-42(10,39)40/h11-15,18,21,31-32,35H,16H2,1-10H3,(H,33,38)(H,34,37)/t18-,21?/m0/s1. The molecule has 2 aromatic rings. The van der Waals surface area contributed by atoms with Crippen LogP contribution in [0.2, 0.25) is 0 Å². The molecule has 42 heavy (non-hydrogen) atoms. The summed E-state index contributed by atoms with van der Waals surface area (Å²) in [5, 5.41) is 16.2. The second-order valence-electron chi connectivity index (χ2n) is 12.9. The SMILES string of the molecule is COc1c(NC(=O)c2ccc(C)c(N3NCC(C(=O)N[C@@H](C)C(C)(C)C)C3=N)c2)cc(C(C)(C)C)cc1NS(C)(=O)=O. The number of anilines is 3. The molecule has 3 rings (SSSR count). The number of hydrogen-bond donors (Lipinski definition) is 5. The quantitative estimate of drug-likeness (QED) is 0.301. The van der Waals surface area contributed by atoms with Gasteiger partial charge in [-0.2, -0.15) is 0 Å². The second kappa shape index (κ2) is 11.9. The number of nitrogens with one attached hydrogen (secondary N) is 5. The number of hydrogen-bond acceptors (Lipinski definition) is 7. The highest BCUT2D eigenvalue weighted by molar-refractivity contribution is 7.92. The Balaban J connectivity index is 1.92. The van der Waals surface area contributed by atoms with E-state index in [1.807, 2.05) is 55.4 Å². The molecule has 1 saturated heterocycles. The van der Waals surface area contributed by atoms with Crippen molar-refractivity contribution in [1.29, 1.82) is 5.41 Å². The topological polar surface area (TPSA) is 153 Å². The van der Waals surface area contributed by atoms with E-state index >= 15 is 0 Å². The first-order chi connectivity index (χ1) is 19.2. The number of sulfonamides is 1. The van der Waals surface area contributed by atoms with Crippen LogP contribution in [0.5, 0.6) is 5.75 Å². The van der Waals surface area contributed by atoms with Crippen LogP contribution in [-0.4, -0.2) is 52.0 Å². The average molecular weight is 601 g/mol. The third kappa shape index (κ3) is 7.60. The molecule has 2 aromatic carbocycles. The maximum absolute atomic E-state index is 13.5. The first kappa shape index (κ1) is 32.9. The van der Waals surface area contributed by atoms with Crippen LogP contribution < -0.4 is 30.5 Å². The number of amidine groups is 1. The number of ether oxygens (including phenoxy) is 1. The molecular formula is C30H44N6O5S. The highest BCUT2D eigenvalue weighted by atomic mass is 32.2. The number of carbonyl (C=O) groups is 2. The lowest BCUT2D eigenvalue weighted by Crippen LogP contribution is -2.46. The molecule has 1 fully saturated rings. The summed E-state index contributed by atoms with van der Waals surface area (Å²) in [5.74, 6) is -1.10. The van der Waals surface area contributed by atoms with Gasteiger partial charge in [0.1, 0.15) is 11.8 Å². The zero-order valence-electron chi connectivity index (χ0n) is 26.1. The van der Waals surface area contributed by atoms with Crippen molar-refractivity contribution in [1.82, 2.24) is 10.7 Å². The van der Waals surface area contributed by atoms with E-state index in [-0.39, 0.29) is 46.6 Å². The van der Waals surface area contributed by atoms with Crippen LogP contribution in [0.25, 0.3) is 0 Å². The lowest BCUT2D eigenvalue weighted by Gasteiger charge is -2.29. The third-order valence-electron chi connectivity index (χ3n) is 7.41. The van der Waals surface area contributed by atoms with Crippen LogP contribution in [0.3, 0.4) is 0 Å². The van der Waals surface area contributed by atoms with E-state index < -0.39 is 21.8 Å². The number of aryl methyl sites for hydroxylation is 1. The van der Waals surface area contributed by atoms with E-state index in [2.05, 4.69) is 20.8 Å². The Hall–Kier alpha value is -3.64. The second-order valence-corrected chi connectivity index (χ2v) is 14.7. The maximum Gasteiger partial charge on any atom is 0.255 e. The zero-order valence-corrected chi connectivity index (χ0v) is 27.0. The summed E-state index contributed by atoms with van der Waals surface area (Å²) in [4.78, 5) is 26.5. The first-order valence-corrected chi connectivity index (χ1v) is 15.7. The van der Waals surface area contributed by atoms with Gasteiger partial charge in [0.25, 0.3) is 5.91 Å². The van der Waals surface area contributed by atoms with Crippen LogP contribution in [0.1, 0.15) is 70.0 Å². The monoisotopic (exact) mass is 600 g/mol. The molecule has 11 nitrogen and oxygen atoms in total.